The number of aromatic nitrogens is 2. The van der Waals surface area contributed by atoms with E-state index in [4.69, 9.17) is 4.74 Å². The van der Waals surface area contributed by atoms with Gasteiger partial charge in [-0.25, -0.2) is 9.59 Å². The molecule has 1 atom stereocenters. The third-order valence-corrected chi connectivity index (χ3v) is 7.50. The Bertz CT molecular complexity index is 1310. The number of ether oxygens (including phenoxy) is 1. The second-order valence-corrected chi connectivity index (χ2v) is 11.6. The normalized spacial score (nSPS) is 18.8. The molecule has 2 saturated heterocycles. The van der Waals surface area contributed by atoms with E-state index in [-0.39, 0.29) is 30.5 Å². The zero-order chi connectivity index (χ0) is 28.3. The number of hydrogen-bond donors (Lipinski definition) is 2. The summed E-state index contributed by atoms with van der Waals surface area (Å²) in [5.41, 5.74) is 1.72. The second-order valence-electron chi connectivity index (χ2n) is 11.6. The number of alkyl carbamates (subject to hydrolysis) is 1. The Hall–Kier alpha value is -3.63. The van der Waals surface area contributed by atoms with Crippen molar-refractivity contribution in [2.75, 3.05) is 19.6 Å². The Labute approximate surface area is 227 Å². The van der Waals surface area contributed by atoms with Gasteiger partial charge >= 0.3 is 11.8 Å². The summed E-state index contributed by atoms with van der Waals surface area (Å²) in [6, 6.07) is 5.22. The number of imidazole rings is 1. The van der Waals surface area contributed by atoms with Crippen molar-refractivity contribution in [3.63, 3.8) is 0 Å². The second kappa shape index (κ2) is 11.6. The highest BCUT2D eigenvalue weighted by atomic mass is 16.6. The van der Waals surface area contributed by atoms with Crippen molar-refractivity contribution in [3.8, 4) is 0 Å². The van der Waals surface area contributed by atoms with Gasteiger partial charge in [-0.1, -0.05) is 6.07 Å². The highest BCUT2D eigenvalue weighted by molar-refractivity contribution is 6.00. The van der Waals surface area contributed by atoms with E-state index in [1.807, 2.05) is 18.2 Å². The molecule has 2 N–H and O–H groups in total. The quantitative estimate of drug-likeness (QED) is 0.518. The number of rotatable bonds is 7. The maximum absolute atomic E-state index is 13.0. The van der Waals surface area contributed by atoms with Gasteiger partial charge in [0.05, 0.1) is 11.0 Å². The number of amides is 4. The average molecular weight is 542 g/mol. The van der Waals surface area contributed by atoms with Crippen LogP contribution < -0.4 is 16.3 Å². The Kier molecular flexibility index (Phi) is 8.46. The molecule has 2 aliphatic heterocycles. The van der Waals surface area contributed by atoms with E-state index in [0.29, 0.717) is 30.9 Å². The minimum absolute atomic E-state index is 0.0597. The van der Waals surface area contributed by atoms with Crippen molar-refractivity contribution in [3.05, 3.63) is 34.2 Å². The van der Waals surface area contributed by atoms with Gasteiger partial charge in [0.1, 0.15) is 18.2 Å². The average Bonchev–Trinajstić information content (AvgIpc) is 3.11. The molecule has 2 fully saturated rings. The lowest BCUT2D eigenvalue weighted by atomic mass is 9.90. The first-order valence-corrected chi connectivity index (χ1v) is 13.7. The topological polar surface area (TPSA) is 132 Å². The van der Waals surface area contributed by atoms with Crippen molar-refractivity contribution in [2.24, 2.45) is 13.0 Å². The van der Waals surface area contributed by atoms with Crippen molar-refractivity contribution in [2.45, 2.75) is 77.4 Å². The molecule has 212 valence electrons. The molecule has 4 amide bonds. The SMILES string of the molecule is Cn1c(=O)n(C2CCC(=O)NC2=O)c2ccc(CCCC3CCN(C(=O)CNC(=O)OC(C)(C)C)CC3)cc21. The van der Waals surface area contributed by atoms with E-state index in [1.165, 1.54) is 4.57 Å². The number of nitrogens with zero attached hydrogens (tertiary/aromatic N) is 3. The molecule has 2 aliphatic rings. The number of benzene rings is 1. The van der Waals surface area contributed by atoms with E-state index in [2.05, 4.69) is 10.6 Å². The molecular formula is C28H39N5O6. The van der Waals surface area contributed by atoms with Crippen molar-refractivity contribution in [1.82, 2.24) is 24.7 Å². The molecule has 0 bridgehead atoms. The summed E-state index contributed by atoms with van der Waals surface area (Å²) in [7, 11) is 1.70. The Balaban J connectivity index is 1.26. The van der Waals surface area contributed by atoms with Gasteiger partial charge in [0.2, 0.25) is 17.7 Å². The molecule has 11 heteroatoms. The first kappa shape index (κ1) is 28.4. The van der Waals surface area contributed by atoms with Crippen LogP contribution in [0.4, 0.5) is 4.79 Å². The minimum Gasteiger partial charge on any atom is -0.444 e. The molecule has 2 aromatic rings. The summed E-state index contributed by atoms with van der Waals surface area (Å²) in [6.45, 7) is 6.64. The summed E-state index contributed by atoms with van der Waals surface area (Å²) in [4.78, 5) is 62.9. The van der Waals surface area contributed by atoms with E-state index < -0.39 is 23.6 Å². The van der Waals surface area contributed by atoms with Crippen LogP contribution in [0, 0.1) is 5.92 Å². The summed E-state index contributed by atoms with van der Waals surface area (Å²) in [5, 5.41) is 4.87. The predicted molar refractivity (Wildman–Crippen MR) is 145 cm³/mol. The van der Waals surface area contributed by atoms with Gasteiger partial charge in [0.25, 0.3) is 0 Å². The van der Waals surface area contributed by atoms with E-state index in [9.17, 15) is 24.0 Å². The van der Waals surface area contributed by atoms with Crippen LogP contribution in [0.15, 0.2) is 23.0 Å². The number of fused-ring (bicyclic) bond motifs is 1. The van der Waals surface area contributed by atoms with Crippen LogP contribution in [-0.4, -0.2) is 63.1 Å². The van der Waals surface area contributed by atoms with Crippen LogP contribution in [0.1, 0.15) is 70.9 Å². The molecule has 1 aromatic carbocycles. The molecule has 0 radical (unpaired) electrons. The van der Waals surface area contributed by atoms with Crippen molar-refractivity contribution >= 4 is 34.8 Å². The van der Waals surface area contributed by atoms with Gasteiger partial charge in [-0.2, -0.15) is 0 Å². The van der Waals surface area contributed by atoms with Crippen LogP contribution in [0.5, 0.6) is 0 Å². The molecule has 0 aliphatic carbocycles. The summed E-state index contributed by atoms with van der Waals surface area (Å²) in [5.74, 6) is -0.298. The first-order valence-electron chi connectivity index (χ1n) is 13.7. The van der Waals surface area contributed by atoms with E-state index in [1.54, 1.807) is 37.3 Å². The Morgan fingerprint density at radius 3 is 2.46 bits per heavy atom. The van der Waals surface area contributed by atoms with E-state index in [0.717, 1.165) is 43.2 Å². The number of nitrogens with one attached hydrogen (secondary N) is 2. The van der Waals surface area contributed by atoms with Gasteiger partial charge in [0.15, 0.2) is 0 Å². The third kappa shape index (κ3) is 6.88. The third-order valence-electron chi connectivity index (χ3n) is 7.50. The lowest BCUT2D eigenvalue weighted by Crippen LogP contribution is -2.45. The van der Waals surface area contributed by atoms with Crippen molar-refractivity contribution < 1.29 is 23.9 Å². The number of aryl methyl sites for hydroxylation is 2. The maximum Gasteiger partial charge on any atom is 0.408 e. The largest absolute Gasteiger partial charge is 0.444 e. The highest BCUT2D eigenvalue weighted by Gasteiger charge is 2.31. The predicted octanol–water partition coefficient (Wildman–Crippen LogP) is 2.40. The van der Waals surface area contributed by atoms with Crippen molar-refractivity contribution in [1.29, 1.82) is 0 Å². The smallest absolute Gasteiger partial charge is 0.408 e. The Morgan fingerprint density at radius 1 is 1.08 bits per heavy atom. The monoisotopic (exact) mass is 541 g/mol. The fourth-order valence-corrected chi connectivity index (χ4v) is 5.43. The number of likely N-dealkylation sites (tertiary alicyclic amines) is 1. The summed E-state index contributed by atoms with van der Waals surface area (Å²) >= 11 is 0. The number of imide groups is 1. The first-order chi connectivity index (χ1) is 18.4. The van der Waals surface area contributed by atoms with Gasteiger partial charge in [-0.3, -0.25) is 28.8 Å². The molecule has 3 heterocycles. The number of piperidine rings is 2. The van der Waals surface area contributed by atoms with E-state index >= 15 is 0 Å². The van der Waals surface area contributed by atoms with Crippen LogP contribution in [0.3, 0.4) is 0 Å². The summed E-state index contributed by atoms with van der Waals surface area (Å²) < 4.78 is 8.24. The zero-order valence-electron chi connectivity index (χ0n) is 23.2. The van der Waals surface area contributed by atoms with Gasteiger partial charge in [0, 0.05) is 26.6 Å². The molecule has 39 heavy (non-hydrogen) atoms. The minimum atomic E-state index is -0.685. The number of carbonyl (C=O) groups excluding carboxylic acids is 4. The standard InChI is InChI=1S/C28H39N5O6/c1-28(2,3)39-26(37)29-17-24(35)32-14-12-18(13-15-32)6-5-7-19-8-9-20-22(16-19)31(4)27(38)33(20)21-10-11-23(34)30-25(21)36/h8-9,16,18,21H,5-7,10-15,17H2,1-4H3,(H,29,37)(H,30,34,36). The zero-order valence-corrected chi connectivity index (χ0v) is 23.2. The lowest BCUT2D eigenvalue weighted by Gasteiger charge is -2.32. The molecular weight excluding hydrogens is 502 g/mol. The molecule has 1 unspecified atom stereocenters. The number of hydrogen-bond acceptors (Lipinski definition) is 6. The molecule has 4 rings (SSSR count). The van der Waals surface area contributed by atoms with Crippen LogP contribution >= 0.6 is 0 Å². The van der Waals surface area contributed by atoms with Crippen LogP contribution in [-0.2, 0) is 32.6 Å². The fourth-order valence-electron chi connectivity index (χ4n) is 5.43. The van der Waals surface area contributed by atoms with Gasteiger partial charge < -0.3 is 15.0 Å². The fraction of sp³-hybridized carbons (Fsp3) is 0.607. The molecule has 11 nitrogen and oxygen atoms in total. The summed E-state index contributed by atoms with van der Waals surface area (Å²) in [6.07, 6.45) is 4.71. The molecule has 1 aromatic heterocycles. The number of carbonyl (C=O) groups is 4. The maximum atomic E-state index is 13.0. The lowest BCUT2D eigenvalue weighted by molar-refractivity contribution is -0.136. The highest BCUT2D eigenvalue weighted by Crippen LogP contribution is 2.26. The van der Waals surface area contributed by atoms with Crippen LogP contribution in [0.2, 0.25) is 0 Å². The Morgan fingerprint density at radius 2 is 1.79 bits per heavy atom. The molecule has 0 spiro atoms. The van der Waals surface area contributed by atoms with Crippen LogP contribution in [0.25, 0.3) is 11.0 Å². The van der Waals surface area contributed by atoms with Gasteiger partial charge in [-0.15, -0.1) is 0 Å². The molecule has 0 saturated carbocycles. The van der Waals surface area contributed by atoms with Gasteiger partial charge in [-0.05, 0) is 82.9 Å².